The summed E-state index contributed by atoms with van der Waals surface area (Å²) in [5.74, 6) is -1.94. The first-order valence-corrected chi connectivity index (χ1v) is 6.51. The van der Waals surface area contributed by atoms with Crippen LogP contribution in [0.1, 0.15) is 37.6 Å². The van der Waals surface area contributed by atoms with Crippen LogP contribution in [0.25, 0.3) is 0 Å². The number of amides is 2. The van der Waals surface area contributed by atoms with Crippen LogP contribution in [-0.4, -0.2) is 34.6 Å². The second-order valence-corrected chi connectivity index (χ2v) is 4.47. The predicted molar refractivity (Wildman–Crippen MR) is 74.5 cm³/mol. The molecule has 0 heterocycles. The third-order valence-electron chi connectivity index (χ3n) is 3.18. The Hall–Kier alpha value is -2.11. The number of anilines is 1. The zero-order valence-corrected chi connectivity index (χ0v) is 11.8. The molecule has 0 aliphatic rings. The van der Waals surface area contributed by atoms with Crippen molar-refractivity contribution < 1.29 is 19.1 Å². The highest BCUT2D eigenvalue weighted by Gasteiger charge is 2.19. The quantitative estimate of drug-likeness (QED) is 0.871. The van der Waals surface area contributed by atoms with Crippen LogP contribution in [0.4, 0.5) is 14.9 Å². The Labute approximate surface area is 117 Å². The summed E-state index contributed by atoms with van der Waals surface area (Å²) >= 11 is 0. The minimum Gasteiger partial charge on any atom is -0.478 e. The van der Waals surface area contributed by atoms with Crippen molar-refractivity contribution in [3.05, 3.63) is 29.6 Å². The molecule has 20 heavy (non-hydrogen) atoms. The first-order valence-electron chi connectivity index (χ1n) is 6.51. The number of nitrogens with zero attached hydrogens (tertiary/aromatic N) is 1. The molecule has 0 bridgehead atoms. The van der Waals surface area contributed by atoms with Gasteiger partial charge in [-0.3, -0.25) is 0 Å². The highest BCUT2D eigenvalue weighted by atomic mass is 19.1. The molecule has 0 spiro atoms. The Morgan fingerprint density at radius 3 is 2.55 bits per heavy atom. The number of carbonyl (C=O) groups is 2. The molecule has 0 fully saturated rings. The molecule has 1 aromatic rings. The van der Waals surface area contributed by atoms with Gasteiger partial charge in [0.05, 0.1) is 11.3 Å². The molecular weight excluding hydrogens is 263 g/mol. The van der Waals surface area contributed by atoms with Crippen molar-refractivity contribution in [2.24, 2.45) is 0 Å². The number of carboxylic acids is 1. The monoisotopic (exact) mass is 282 g/mol. The van der Waals surface area contributed by atoms with Crippen molar-refractivity contribution in [3.63, 3.8) is 0 Å². The zero-order valence-electron chi connectivity index (χ0n) is 11.8. The Kier molecular flexibility index (Phi) is 5.49. The SMILES string of the molecule is CCC(C)N(CC)C(=O)Nc1ccc(F)cc1C(=O)O. The summed E-state index contributed by atoms with van der Waals surface area (Å²) < 4.78 is 13.1. The van der Waals surface area contributed by atoms with Gasteiger partial charge in [-0.05, 0) is 38.5 Å². The third kappa shape index (κ3) is 3.69. The number of rotatable bonds is 5. The molecule has 0 saturated heterocycles. The molecule has 2 amide bonds. The molecule has 1 atom stereocenters. The summed E-state index contributed by atoms with van der Waals surface area (Å²) in [5.41, 5.74) is -0.177. The van der Waals surface area contributed by atoms with Crippen LogP contribution >= 0.6 is 0 Å². The maximum absolute atomic E-state index is 13.1. The lowest BCUT2D eigenvalue weighted by Crippen LogP contribution is -2.41. The van der Waals surface area contributed by atoms with E-state index in [1.807, 2.05) is 20.8 Å². The number of nitrogens with one attached hydrogen (secondary N) is 1. The number of carbonyl (C=O) groups excluding carboxylic acids is 1. The fourth-order valence-corrected chi connectivity index (χ4v) is 1.87. The van der Waals surface area contributed by atoms with Crippen LogP contribution in [0, 0.1) is 5.82 Å². The van der Waals surface area contributed by atoms with Gasteiger partial charge in [0.2, 0.25) is 0 Å². The van der Waals surface area contributed by atoms with Crippen molar-refractivity contribution in [3.8, 4) is 0 Å². The molecule has 0 saturated carbocycles. The molecule has 5 nitrogen and oxygen atoms in total. The van der Waals surface area contributed by atoms with Crippen molar-refractivity contribution in [1.29, 1.82) is 0 Å². The lowest BCUT2D eigenvalue weighted by molar-refractivity contribution is 0.0697. The van der Waals surface area contributed by atoms with Crippen molar-refractivity contribution in [2.75, 3.05) is 11.9 Å². The standard InChI is InChI=1S/C14H19FN2O3/c1-4-9(3)17(5-2)14(20)16-12-7-6-10(15)8-11(12)13(18)19/h6-9H,4-5H2,1-3H3,(H,16,20)(H,18,19). The second-order valence-electron chi connectivity index (χ2n) is 4.47. The van der Waals surface area contributed by atoms with E-state index < -0.39 is 17.8 Å². The number of hydrogen-bond donors (Lipinski definition) is 2. The molecule has 6 heteroatoms. The lowest BCUT2D eigenvalue weighted by atomic mass is 10.1. The van der Waals surface area contributed by atoms with E-state index in [4.69, 9.17) is 5.11 Å². The smallest absolute Gasteiger partial charge is 0.337 e. The summed E-state index contributed by atoms with van der Waals surface area (Å²) in [4.78, 5) is 24.8. The first-order chi connectivity index (χ1) is 9.40. The fraction of sp³-hybridized carbons (Fsp3) is 0.429. The third-order valence-corrected chi connectivity index (χ3v) is 3.18. The van der Waals surface area contributed by atoms with Crippen LogP contribution in [0.3, 0.4) is 0 Å². The molecular formula is C14H19FN2O3. The predicted octanol–water partition coefficient (Wildman–Crippen LogP) is 3.18. The largest absolute Gasteiger partial charge is 0.478 e. The van der Waals surface area contributed by atoms with Gasteiger partial charge in [-0.25, -0.2) is 14.0 Å². The molecule has 0 aliphatic carbocycles. The van der Waals surface area contributed by atoms with E-state index in [-0.39, 0.29) is 17.3 Å². The van der Waals surface area contributed by atoms with Crippen LogP contribution in [0.15, 0.2) is 18.2 Å². The van der Waals surface area contributed by atoms with E-state index in [9.17, 15) is 14.0 Å². The summed E-state index contributed by atoms with van der Waals surface area (Å²) in [7, 11) is 0. The number of halogens is 1. The molecule has 1 unspecified atom stereocenters. The van der Waals surface area contributed by atoms with E-state index in [1.165, 1.54) is 6.07 Å². The van der Waals surface area contributed by atoms with Gasteiger partial charge in [0.25, 0.3) is 0 Å². The molecule has 1 rings (SSSR count). The van der Waals surface area contributed by atoms with Gasteiger partial charge in [-0.2, -0.15) is 0 Å². The van der Waals surface area contributed by atoms with Crippen molar-refractivity contribution in [1.82, 2.24) is 4.90 Å². The first kappa shape index (κ1) is 15.9. The number of carboxylic acid groups (broad SMARTS) is 1. The van der Waals surface area contributed by atoms with Gasteiger partial charge in [0.15, 0.2) is 0 Å². The highest BCUT2D eigenvalue weighted by Crippen LogP contribution is 2.18. The second kappa shape index (κ2) is 6.88. The van der Waals surface area contributed by atoms with Crippen LogP contribution in [0.2, 0.25) is 0 Å². The molecule has 1 aromatic carbocycles. The van der Waals surface area contributed by atoms with E-state index in [1.54, 1.807) is 4.90 Å². The molecule has 0 radical (unpaired) electrons. The van der Waals surface area contributed by atoms with E-state index >= 15 is 0 Å². The molecule has 110 valence electrons. The number of aromatic carboxylic acids is 1. The fourth-order valence-electron chi connectivity index (χ4n) is 1.87. The number of urea groups is 1. The minimum absolute atomic E-state index is 0.0359. The number of hydrogen-bond acceptors (Lipinski definition) is 2. The molecule has 0 aliphatic heterocycles. The van der Waals surface area contributed by atoms with Crippen LogP contribution in [0.5, 0.6) is 0 Å². The lowest BCUT2D eigenvalue weighted by Gasteiger charge is -2.27. The van der Waals surface area contributed by atoms with E-state index in [2.05, 4.69) is 5.32 Å². The van der Waals surface area contributed by atoms with E-state index in [0.29, 0.717) is 6.54 Å². The maximum Gasteiger partial charge on any atom is 0.337 e. The summed E-state index contributed by atoms with van der Waals surface area (Å²) in [6, 6.07) is 2.89. The maximum atomic E-state index is 13.1. The van der Waals surface area contributed by atoms with Gasteiger partial charge in [0.1, 0.15) is 5.82 Å². The number of benzene rings is 1. The van der Waals surface area contributed by atoms with Crippen LogP contribution in [-0.2, 0) is 0 Å². The van der Waals surface area contributed by atoms with Gasteiger partial charge in [-0.1, -0.05) is 6.92 Å². The Morgan fingerprint density at radius 1 is 1.40 bits per heavy atom. The zero-order chi connectivity index (χ0) is 15.3. The van der Waals surface area contributed by atoms with Gasteiger partial charge < -0.3 is 15.3 Å². The van der Waals surface area contributed by atoms with E-state index in [0.717, 1.165) is 18.6 Å². The Balaban J connectivity index is 2.98. The average Bonchev–Trinajstić information content (AvgIpc) is 2.41. The van der Waals surface area contributed by atoms with Gasteiger partial charge >= 0.3 is 12.0 Å². The minimum atomic E-state index is -1.29. The van der Waals surface area contributed by atoms with Gasteiger partial charge in [0, 0.05) is 12.6 Å². The van der Waals surface area contributed by atoms with Crippen molar-refractivity contribution in [2.45, 2.75) is 33.2 Å². The Morgan fingerprint density at radius 2 is 2.05 bits per heavy atom. The topological polar surface area (TPSA) is 69.6 Å². The molecule has 0 aromatic heterocycles. The Bertz CT molecular complexity index is 505. The summed E-state index contributed by atoms with van der Waals surface area (Å²) in [5, 5.41) is 11.5. The van der Waals surface area contributed by atoms with Gasteiger partial charge in [-0.15, -0.1) is 0 Å². The summed E-state index contributed by atoms with van der Waals surface area (Å²) in [6.07, 6.45) is 0.788. The normalized spacial score (nSPS) is 11.8. The van der Waals surface area contributed by atoms with Crippen molar-refractivity contribution >= 4 is 17.7 Å². The van der Waals surface area contributed by atoms with Crippen LogP contribution < -0.4 is 5.32 Å². The average molecular weight is 282 g/mol. The summed E-state index contributed by atoms with van der Waals surface area (Å²) in [6.45, 7) is 6.21. The highest BCUT2D eigenvalue weighted by molar-refractivity contribution is 6.00. The molecule has 2 N–H and O–H groups in total.